The second kappa shape index (κ2) is 11.6. The standard InChI is InChI=1S/C21H33N5OS2/c1-4-22-21(23-8-7-17-15-29-20(25-17)16(2)3)24-14-18(19-6-5-13-28-19)26-9-11-27-12-10-26/h5-6,13,15-16,18H,4,7-12,14H2,1-3H3,(H2,22,23,24). The number of ether oxygens (including phenoxy) is 1. The molecular formula is C21H33N5OS2. The topological polar surface area (TPSA) is 61.8 Å². The Morgan fingerprint density at radius 1 is 1.28 bits per heavy atom. The molecule has 1 saturated heterocycles. The van der Waals surface area contributed by atoms with E-state index in [4.69, 9.17) is 14.7 Å². The van der Waals surface area contributed by atoms with Crippen molar-refractivity contribution in [3.63, 3.8) is 0 Å². The third-order valence-electron chi connectivity index (χ3n) is 4.86. The monoisotopic (exact) mass is 435 g/mol. The zero-order valence-electron chi connectivity index (χ0n) is 17.7. The van der Waals surface area contributed by atoms with Crippen LogP contribution in [0, 0.1) is 0 Å². The van der Waals surface area contributed by atoms with Crippen LogP contribution in [0.3, 0.4) is 0 Å². The molecule has 29 heavy (non-hydrogen) atoms. The Labute approximate surface area is 182 Å². The van der Waals surface area contributed by atoms with E-state index in [-0.39, 0.29) is 0 Å². The first-order valence-electron chi connectivity index (χ1n) is 10.5. The van der Waals surface area contributed by atoms with E-state index in [9.17, 15) is 0 Å². The molecule has 3 heterocycles. The van der Waals surface area contributed by atoms with Crippen LogP contribution in [0.5, 0.6) is 0 Å². The number of aliphatic imine (C=N–C) groups is 1. The van der Waals surface area contributed by atoms with E-state index in [2.05, 4.69) is 59.2 Å². The Kier molecular flexibility index (Phi) is 8.92. The lowest BCUT2D eigenvalue weighted by Crippen LogP contribution is -2.42. The number of aromatic nitrogens is 1. The van der Waals surface area contributed by atoms with Gasteiger partial charge >= 0.3 is 0 Å². The molecule has 1 unspecified atom stereocenters. The Morgan fingerprint density at radius 3 is 2.76 bits per heavy atom. The summed E-state index contributed by atoms with van der Waals surface area (Å²) in [4.78, 5) is 13.5. The van der Waals surface area contributed by atoms with Gasteiger partial charge in [-0.15, -0.1) is 22.7 Å². The van der Waals surface area contributed by atoms with Gasteiger partial charge in [0.2, 0.25) is 0 Å². The number of thiophene rings is 1. The normalized spacial score (nSPS) is 16.9. The first-order valence-corrected chi connectivity index (χ1v) is 12.2. The van der Waals surface area contributed by atoms with Crippen molar-refractivity contribution in [1.29, 1.82) is 0 Å². The van der Waals surface area contributed by atoms with Crippen molar-refractivity contribution < 1.29 is 4.74 Å². The summed E-state index contributed by atoms with van der Waals surface area (Å²) in [5.41, 5.74) is 1.16. The number of guanidine groups is 1. The van der Waals surface area contributed by atoms with Crippen LogP contribution in [0.2, 0.25) is 0 Å². The highest BCUT2D eigenvalue weighted by atomic mass is 32.1. The molecule has 0 bridgehead atoms. The van der Waals surface area contributed by atoms with E-state index < -0.39 is 0 Å². The maximum Gasteiger partial charge on any atom is 0.191 e. The average molecular weight is 436 g/mol. The number of hydrogen-bond donors (Lipinski definition) is 2. The summed E-state index contributed by atoms with van der Waals surface area (Å²) in [5.74, 6) is 1.37. The van der Waals surface area contributed by atoms with Crippen LogP contribution in [0.15, 0.2) is 27.9 Å². The summed E-state index contributed by atoms with van der Waals surface area (Å²) in [6.45, 7) is 12.4. The quantitative estimate of drug-likeness (QED) is 0.466. The molecule has 3 rings (SSSR count). The Balaban J connectivity index is 1.58. The summed E-state index contributed by atoms with van der Waals surface area (Å²) in [6.07, 6.45) is 0.908. The molecule has 1 atom stereocenters. The second-order valence-electron chi connectivity index (χ2n) is 7.41. The third-order valence-corrected chi connectivity index (χ3v) is 7.03. The average Bonchev–Trinajstić information content (AvgIpc) is 3.41. The number of nitrogens with one attached hydrogen (secondary N) is 2. The minimum absolute atomic E-state index is 0.307. The van der Waals surface area contributed by atoms with Crippen molar-refractivity contribution in [2.75, 3.05) is 45.9 Å². The Hall–Kier alpha value is -1.48. The van der Waals surface area contributed by atoms with Crippen molar-refractivity contribution in [3.8, 4) is 0 Å². The van der Waals surface area contributed by atoms with Gasteiger partial charge in [-0.2, -0.15) is 0 Å². The maximum absolute atomic E-state index is 5.54. The van der Waals surface area contributed by atoms with E-state index in [1.807, 2.05) is 11.3 Å². The van der Waals surface area contributed by atoms with E-state index >= 15 is 0 Å². The van der Waals surface area contributed by atoms with Gasteiger partial charge in [0, 0.05) is 48.8 Å². The molecule has 2 N–H and O–H groups in total. The van der Waals surface area contributed by atoms with Gasteiger partial charge in [-0.25, -0.2) is 4.98 Å². The first-order chi connectivity index (χ1) is 14.2. The highest BCUT2D eigenvalue weighted by molar-refractivity contribution is 7.10. The summed E-state index contributed by atoms with van der Waals surface area (Å²) in [6, 6.07) is 4.65. The number of hydrogen-bond acceptors (Lipinski definition) is 6. The number of thiazole rings is 1. The molecule has 160 valence electrons. The van der Waals surface area contributed by atoms with Crippen molar-refractivity contribution in [2.24, 2.45) is 4.99 Å². The molecule has 0 saturated carbocycles. The van der Waals surface area contributed by atoms with Gasteiger partial charge in [0.05, 0.1) is 36.5 Å². The highest BCUT2D eigenvalue weighted by Gasteiger charge is 2.23. The molecule has 0 radical (unpaired) electrons. The molecule has 0 aromatic carbocycles. The molecule has 0 aliphatic carbocycles. The molecule has 8 heteroatoms. The summed E-state index contributed by atoms with van der Waals surface area (Å²) in [7, 11) is 0. The smallest absolute Gasteiger partial charge is 0.191 e. The lowest BCUT2D eigenvalue weighted by Gasteiger charge is -2.33. The third kappa shape index (κ3) is 6.77. The van der Waals surface area contributed by atoms with Gasteiger partial charge in [-0.1, -0.05) is 19.9 Å². The van der Waals surface area contributed by atoms with Crippen molar-refractivity contribution >= 4 is 28.6 Å². The van der Waals surface area contributed by atoms with Gasteiger partial charge < -0.3 is 15.4 Å². The van der Waals surface area contributed by atoms with E-state index in [1.54, 1.807) is 11.3 Å². The molecule has 0 amide bonds. The number of rotatable bonds is 9. The van der Waals surface area contributed by atoms with Crippen LogP contribution >= 0.6 is 22.7 Å². The van der Waals surface area contributed by atoms with E-state index in [1.165, 1.54) is 9.88 Å². The van der Waals surface area contributed by atoms with Crippen LogP contribution in [-0.2, 0) is 11.2 Å². The van der Waals surface area contributed by atoms with Gasteiger partial charge in [0.15, 0.2) is 5.96 Å². The predicted molar refractivity (Wildman–Crippen MR) is 123 cm³/mol. The molecule has 6 nitrogen and oxygen atoms in total. The fraction of sp³-hybridized carbons (Fsp3) is 0.619. The lowest BCUT2D eigenvalue weighted by molar-refractivity contribution is 0.0186. The first kappa shape index (κ1) is 22.2. The Morgan fingerprint density at radius 2 is 2.10 bits per heavy atom. The molecular weight excluding hydrogens is 402 g/mol. The largest absolute Gasteiger partial charge is 0.379 e. The Bertz CT molecular complexity index is 738. The number of morpholine rings is 1. The minimum atomic E-state index is 0.307. The fourth-order valence-electron chi connectivity index (χ4n) is 3.29. The van der Waals surface area contributed by atoms with Gasteiger partial charge in [0.25, 0.3) is 0 Å². The molecule has 1 aliphatic rings. The van der Waals surface area contributed by atoms with Crippen LogP contribution < -0.4 is 10.6 Å². The van der Waals surface area contributed by atoms with Crippen LogP contribution in [0.25, 0.3) is 0 Å². The van der Waals surface area contributed by atoms with Crippen LogP contribution in [0.4, 0.5) is 0 Å². The second-order valence-corrected chi connectivity index (χ2v) is 9.28. The zero-order valence-corrected chi connectivity index (χ0v) is 19.3. The van der Waals surface area contributed by atoms with Crippen molar-refractivity contribution in [1.82, 2.24) is 20.5 Å². The minimum Gasteiger partial charge on any atom is -0.379 e. The summed E-state index contributed by atoms with van der Waals surface area (Å²) < 4.78 is 5.54. The maximum atomic E-state index is 5.54. The SMILES string of the molecule is CCNC(=NCC(c1cccs1)N1CCOCC1)NCCc1csc(C(C)C)n1. The molecule has 2 aromatic rings. The molecule has 2 aromatic heterocycles. The summed E-state index contributed by atoms with van der Waals surface area (Å²) >= 11 is 3.57. The summed E-state index contributed by atoms with van der Waals surface area (Å²) in [5, 5.41) is 12.4. The fourth-order valence-corrected chi connectivity index (χ4v) is 5.01. The van der Waals surface area contributed by atoms with E-state index in [0.717, 1.165) is 64.0 Å². The van der Waals surface area contributed by atoms with Crippen molar-refractivity contribution in [3.05, 3.63) is 38.5 Å². The zero-order chi connectivity index (χ0) is 20.5. The van der Waals surface area contributed by atoms with Gasteiger partial charge in [-0.05, 0) is 18.4 Å². The van der Waals surface area contributed by atoms with Gasteiger partial charge in [-0.3, -0.25) is 9.89 Å². The molecule has 0 spiro atoms. The molecule has 1 fully saturated rings. The number of nitrogens with zero attached hydrogens (tertiary/aromatic N) is 3. The highest BCUT2D eigenvalue weighted by Crippen LogP contribution is 2.26. The van der Waals surface area contributed by atoms with Gasteiger partial charge in [0.1, 0.15) is 0 Å². The molecule has 1 aliphatic heterocycles. The van der Waals surface area contributed by atoms with Crippen LogP contribution in [0.1, 0.15) is 48.3 Å². The van der Waals surface area contributed by atoms with Crippen molar-refractivity contribution in [2.45, 2.75) is 39.2 Å². The van der Waals surface area contributed by atoms with E-state index in [0.29, 0.717) is 12.0 Å². The van der Waals surface area contributed by atoms with Crippen LogP contribution in [-0.4, -0.2) is 61.8 Å². The predicted octanol–water partition coefficient (Wildman–Crippen LogP) is 3.50. The lowest BCUT2D eigenvalue weighted by atomic mass is 10.2.